The van der Waals surface area contributed by atoms with E-state index in [1.165, 1.54) is 5.56 Å². The lowest BCUT2D eigenvalue weighted by Gasteiger charge is -2.43. The van der Waals surface area contributed by atoms with Crippen molar-refractivity contribution >= 4 is 11.6 Å². The molecule has 3 heteroatoms. The zero-order chi connectivity index (χ0) is 16.7. The molecular weight excluding hydrogens is 286 g/mol. The second-order valence-corrected chi connectivity index (χ2v) is 6.10. The molecule has 1 heterocycles. The number of benzene rings is 2. The number of nitrogens with zero attached hydrogens (tertiary/aromatic N) is 1. The molecule has 0 aromatic heterocycles. The van der Waals surface area contributed by atoms with Crippen LogP contribution in [0.5, 0.6) is 5.75 Å². The maximum Gasteiger partial charge on any atom is 0.256 e. The van der Waals surface area contributed by atoms with Gasteiger partial charge in [-0.1, -0.05) is 36.4 Å². The molecule has 1 amide bonds. The standard InChI is InChI=1S/C20H21NO2/c1-12-6-8-16(9-7-12)19-15(4)20(22)21(19)17-10-13(2)14(3)18(11-17)23-5/h6-11,19H,4H2,1-3,5H3/t19-/m1/s1. The first-order valence-corrected chi connectivity index (χ1v) is 7.68. The lowest BCUT2D eigenvalue weighted by Crippen LogP contribution is -2.48. The molecule has 0 saturated carbocycles. The van der Waals surface area contributed by atoms with E-state index in [0.29, 0.717) is 5.57 Å². The number of methoxy groups -OCH3 is 1. The molecule has 1 atom stereocenters. The van der Waals surface area contributed by atoms with Crippen LogP contribution in [0.4, 0.5) is 5.69 Å². The highest BCUT2D eigenvalue weighted by molar-refractivity contribution is 6.15. The zero-order valence-electron chi connectivity index (χ0n) is 14.0. The lowest BCUT2D eigenvalue weighted by molar-refractivity contribution is -0.118. The SMILES string of the molecule is C=C1C(=O)N(c2cc(C)c(C)c(OC)c2)[C@H]1c1ccc(C)cc1. The molecule has 0 N–H and O–H groups in total. The van der Waals surface area contributed by atoms with E-state index in [0.717, 1.165) is 28.1 Å². The number of rotatable bonds is 3. The fourth-order valence-corrected chi connectivity index (χ4v) is 3.00. The largest absolute Gasteiger partial charge is 0.496 e. The van der Waals surface area contributed by atoms with Crippen molar-refractivity contribution in [2.75, 3.05) is 12.0 Å². The van der Waals surface area contributed by atoms with E-state index >= 15 is 0 Å². The maximum absolute atomic E-state index is 12.4. The number of ether oxygens (including phenoxy) is 1. The third kappa shape index (κ3) is 2.42. The Morgan fingerprint density at radius 1 is 1.09 bits per heavy atom. The van der Waals surface area contributed by atoms with E-state index in [9.17, 15) is 4.79 Å². The number of hydrogen-bond donors (Lipinski definition) is 0. The highest BCUT2D eigenvalue weighted by Gasteiger charge is 2.42. The number of anilines is 1. The van der Waals surface area contributed by atoms with E-state index in [4.69, 9.17) is 4.74 Å². The van der Waals surface area contributed by atoms with E-state index in [1.807, 2.05) is 26.0 Å². The Balaban J connectivity index is 2.04. The van der Waals surface area contributed by atoms with Crippen LogP contribution >= 0.6 is 0 Å². The van der Waals surface area contributed by atoms with Crippen LogP contribution < -0.4 is 9.64 Å². The molecule has 0 bridgehead atoms. The Morgan fingerprint density at radius 3 is 2.35 bits per heavy atom. The fourth-order valence-electron chi connectivity index (χ4n) is 3.00. The Hall–Kier alpha value is -2.55. The summed E-state index contributed by atoms with van der Waals surface area (Å²) in [5.74, 6) is 0.772. The van der Waals surface area contributed by atoms with Gasteiger partial charge in [0.05, 0.1) is 13.2 Å². The fraction of sp³-hybridized carbons (Fsp3) is 0.250. The summed E-state index contributed by atoms with van der Waals surface area (Å²) in [4.78, 5) is 14.2. The molecule has 0 unspecified atom stereocenters. The van der Waals surface area contributed by atoms with Gasteiger partial charge in [-0.2, -0.15) is 0 Å². The topological polar surface area (TPSA) is 29.5 Å². The average molecular weight is 307 g/mol. The van der Waals surface area contributed by atoms with Crippen molar-refractivity contribution in [2.45, 2.75) is 26.8 Å². The van der Waals surface area contributed by atoms with Crippen LogP contribution in [0.15, 0.2) is 48.6 Å². The first-order valence-electron chi connectivity index (χ1n) is 7.68. The third-order valence-corrected chi connectivity index (χ3v) is 4.58. The second kappa shape index (κ2) is 5.58. The average Bonchev–Trinajstić information content (AvgIpc) is 2.55. The minimum Gasteiger partial charge on any atom is -0.496 e. The molecule has 23 heavy (non-hydrogen) atoms. The van der Waals surface area contributed by atoms with Crippen molar-refractivity contribution in [1.82, 2.24) is 0 Å². The smallest absolute Gasteiger partial charge is 0.256 e. The number of β-lactam (4-membered cyclic amide) rings is 1. The Labute approximate surface area is 137 Å². The number of carbonyl (C=O) groups is 1. The first-order chi connectivity index (χ1) is 10.9. The highest BCUT2D eigenvalue weighted by Crippen LogP contribution is 2.43. The molecule has 3 nitrogen and oxygen atoms in total. The molecule has 2 aromatic rings. The van der Waals surface area contributed by atoms with Gasteiger partial charge in [-0.05, 0) is 43.5 Å². The quantitative estimate of drug-likeness (QED) is 0.626. The monoisotopic (exact) mass is 307 g/mol. The molecule has 118 valence electrons. The van der Waals surface area contributed by atoms with Crippen LogP contribution in [0.3, 0.4) is 0 Å². The van der Waals surface area contributed by atoms with Gasteiger partial charge in [-0.15, -0.1) is 0 Å². The summed E-state index contributed by atoms with van der Waals surface area (Å²) < 4.78 is 5.44. The molecule has 3 rings (SSSR count). The summed E-state index contributed by atoms with van der Waals surface area (Å²) in [6, 6.07) is 12.1. The van der Waals surface area contributed by atoms with Gasteiger partial charge in [0.1, 0.15) is 5.75 Å². The molecule has 1 fully saturated rings. The molecule has 1 aliphatic heterocycles. The van der Waals surface area contributed by atoms with Crippen LogP contribution in [-0.4, -0.2) is 13.0 Å². The minimum absolute atomic E-state index is 0.0270. The van der Waals surface area contributed by atoms with E-state index in [1.54, 1.807) is 12.0 Å². The van der Waals surface area contributed by atoms with Crippen LogP contribution in [0.25, 0.3) is 0 Å². The number of amides is 1. The van der Waals surface area contributed by atoms with Gasteiger partial charge in [0.25, 0.3) is 5.91 Å². The van der Waals surface area contributed by atoms with E-state index in [-0.39, 0.29) is 11.9 Å². The molecule has 0 spiro atoms. The first kappa shape index (κ1) is 15.3. The Morgan fingerprint density at radius 2 is 1.74 bits per heavy atom. The minimum atomic E-state index is -0.102. The van der Waals surface area contributed by atoms with E-state index < -0.39 is 0 Å². The second-order valence-electron chi connectivity index (χ2n) is 6.10. The molecule has 0 radical (unpaired) electrons. The van der Waals surface area contributed by atoms with Crippen LogP contribution in [0.2, 0.25) is 0 Å². The summed E-state index contributed by atoms with van der Waals surface area (Å²) in [7, 11) is 1.65. The van der Waals surface area contributed by atoms with Crippen LogP contribution in [0.1, 0.15) is 28.3 Å². The lowest BCUT2D eigenvalue weighted by atomic mass is 9.88. The van der Waals surface area contributed by atoms with Crippen molar-refractivity contribution in [3.05, 3.63) is 70.8 Å². The number of hydrogen-bond acceptors (Lipinski definition) is 2. The normalized spacial score (nSPS) is 17.2. The summed E-state index contributed by atoms with van der Waals surface area (Å²) in [6.45, 7) is 10.1. The Bertz CT molecular complexity index is 790. The Kier molecular flexibility index (Phi) is 3.72. The van der Waals surface area contributed by atoms with Crippen molar-refractivity contribution in [3.8, 4) is 5.75 Å². The van der Waals surface area contributed by atoms with Gasteiger partial charge in [-0.25, -0.2) is 0 Å². The van der Waals surface area contributed by atoms with Gasteiger partial charge in [-0.3, -0.25) is 9.69 Å². The van der Waals surface area contributed by atoms with Crippen molar-refractivity contribution < 1.29 is 9.53 Å². The van der Waals surface area contributed by atoms with Crippen molar-refractivity contribution in [1.29, 1.82) is 0 Å². The maximum atomic E-state index is 12.4. The molecule has 2 aromatic carbocycles. The summed E-state index contributed by atoms with van der Waals surface area (Å²) in [5.41, 5.74) is 5.96. The van der Waals surface area contributed by atoms with Crippen LogP contribution in [-0.2, 0) is 4.79 Å². The molecule has 0 aliphatic carbocycles. The van der Waals surface area contributed by atoms with Gasteiger partial charge in [0, 0.05) is 17.3 Å². The predicted octanol–water partition coefficient (Wildman–Crippen LogP) is 4.26. The van der Waals surface area contributed by atoms with Gasteiger partial charge in [0.15, 0.2) is 0 Å². The summed E-state index contributed by atoms with van der Waals surface area (Å²) >= 11 is 0. The zero-order valence-corrected chi connectivity index (χ0v) is 14.0. The van der Waals surface area contributed by atoms with Crippen molar-refractivity contribution in [2.24, 2.45) is 0 Å². The van der Waals surface area contributed by atoms with E-state index in [2.05, 4.69) is 37.8 Å². The predicted molar refractivity (Wildman–Crippen MR) is 93.0 cm³/mol. The van der Waals surface area contributed by atoms with Crippen molar-refractivity contribution in [3.63, 3.8) is 0 Å². The van der Waals surface area contributed by atoms with Gasteiger partial charge >= 0.3 is 0 Å². The summed E-state index contributed by atoms with van der Waals surface area (Å²) in [5, 5.41) is 0. The van der Waals surface area contributed by atoms with Gasteiger partial charge in [0.2, 0.25) is 0 Å². The van der Waals surface area contributed by atoms with Crippen LogP contribution in [0, 0.1) is 20.8 Å². The third-order valence-electron chi connectivity index (χ3n) is 4.58. The number of aryl methyl sites for hydroxylation is 2. The van der Waals surface area contributed by atoms with Gasteiger partial charge < -0.3 is 4.74 Å². The highest BCUT2D eigenvalue weighted by atomic mass is 16.5. The summed E-state index contributed by atoms with van der Waals surface area (Å²) in [6.07, 6.45) is 0. The number of carbonyl (C=O) groups excluding carboxylic acids is 1. The molecule has 1 aliphatic rings. The molecule has 1 saturated heterocycles. The molecular formula is C20H21NO2.